The van der Waals surface area contributed by atoms with Crippen molar-refractivity contribution in [1.82, 2.24) is 9.80 Å². The summed E-state index contributed by atoms with van der Waals surface area (Å²) in [6.07, 6.45) is 8.84. The van der Waals surface area contributed by atoms with E-state index in [1.54, 1.807) is 0 Å². The third kappa shape index (κ3) is 6.91. The Morgan fingerprint density at radius 3 is 2.41 bits per heavy atom. The summed E-state index contributed by atoms with van der Waals surface area (Å²) in [5.41, 5.74) is 12.9. The second-order valence-corrected chi connectivity index (χ2v) is 11.2. The van der Waals surface area contributed by atoms with Gasteiger partial charge in [0, 0.05) is 57.1 Å². The predicted octanol–water partition coefficient (Wildman–Crippen LogP) is 7.34. The summed E-state index contributed by atoms with van der Waals surface area (Å²) >= 11 is 0. The molecule has 1 heterocycles. The summed E-state index contributed by atoms with van der Waals surface area (Å²) in [6.45, 7) is 15.2. The lowest BCUT2D eigenvalue weighted by molar-refractivity contribution is 0.263. The van der Waals surface area contributed by atoms with Crippen LogP contribution in [0, 0.1) is 20.3 Å². The third-order valence-electron chi connectivity index (χ3n) is 8.26. The highest BCUT2D eigenvalue weighted by Crippen LogP contribution is 2.27. The summed E-state index contributed by atoms with van der Waals surface area (Å²) in [7, 11) is 2.21. The number of allylic oxidation sites excluding steroid dienone is 3. The highest BCUT2D eigenvalue weighted by Gasteiger charge is 2.19. The van der Waals surface area contributed by atoms with Crippen molar-refractivity contribution in [2.75, 3.05) is 38.5 Å². The Balaban J connectivity index is 1.24. The summed E-state index contributed by atoms with van der Waals surface area (Å²) in [5, 5.41) is 3.65. The number of fused-ring (bicyclic) bond motifs is 1. The van der Waals surface area contributed by atoms with Crippen molar-refractivity contribution < 1.29 is 0 Å². The zero-order chi connectivity index (χ0) is 27.4. The van der Waals surface area contributed by atoms with Crippen molar-refractivity contribution in [3.8, 4) is 0 Å². The van der Waals surface area contributed by atoms with Crippen molar-refractivity contribution >= 4 is 17.0 Å². The first-order valence-corrected chi connectivity index (χ1v) is 14.3. The highest BCUT2D eigenvalue weighted by molar-refractivity contribution is 5.82. The lowest BCUT2D eigenvalue weighted by atomic mass is 9.99. The summed E-state index contributed by atoms with van der Waals surface area (Å²) < 4.78 is 0. The molecular formula is C36H42N3. The van der Waals surface area contributed by atoms with Crippen LogP contribution in [0.1, 0.15) is 40.3 Å². The number of aryl methyl sites for hydroxylation is 2. The van der Waals surface area contributed by atoms with Gasteiger partial charge in [0.25, 0.3) is 0 Å². The molecule has 0 saturated carbocycles. The molecule has 3 heteroatoms. The number of anilines is 1. The highest BCUT2D eigenvalue weighted by atomic mass is 15.2. The molecule has 39 heavy (non-hydrogen) atoms. The molecule has 3 aromatic carbocycles. The van der Waals surface area contributed by atoms with E-state index in [9.17, 15) is 0 Å². The molecule has 1 N–H and O–H groups in total. The van der Waals surface area contributed by atoms with Gasteiger partial charge in [-0.05, 0) is 96.3 Å². The molecule has 1 radical (unpaired) electrons. The van der Waals surface area contributed by atoms with Gasteiger partial charge in [-0.15, -0.1) is 0 Å². The molecule has 5 rings (SSSR count). The van der Waals surface area contributed by atoms with E-state index < -0.39 is 0 Å². The van der Waals surface area contributed by atoms with Gasteiger partial charge in [0.2, 0.25) is 0 Å². The van der Waals surface area contributed by atoms with Crippen LogP contribution in [-0.4, -0.2) is 49.1 Å². The number of nitrogens with zero attached hydrogens (tertiary/aromatic N) is 2. The van der Waals surface area contributed by atoms with Gasteiger partial charge in [0.05, 0.1) is 0 Å². The van der Waals surface area contributed by atoms with Crippen LogP contribution >= 0.6 is 0 Å². The number of nitrogens with one attached hydrogen (secondary N) is 1. The second-order valence-electron chi connectivity index (χ2n) is 11.2. The average Bonchev–Trinajstić information content (AvgIpc) is 3.80. The maximum Gasteiger partial charge on any atom is 0.0451 e. The molecular weight excluding hydrogens is 474 g/mol. The maximum absolute atomic E-state index is 4.44. The van der Waals surface area contributed by atoms with Crippen LogP contribution in [0.4, 0.5) is 5.69 Å². The van der Waals surface area contributed by atoms with Crippen LogP contribution < -0.4 is 5.32 Å². The Morgan fingerprint density at radius 2 is 1.69 bits per heavy atom. The summed E-state index contributed by atoms with van der Waals surface area (Å²) in [4.78, 5) is 5.02. The lowest BCUT2D eigenvalue weighted by Gasteiger charge is -2.28. The smallest absolute Gasteiger partial charge is 0.0451 e. The lowest BCUT2D eigenvalue weighted by Crippen LogP contribution is -2.34. The van der Waals surface area contributed by atoms with E-state index in [0.717, 1.165) is 44.6 Å². The van der Waals surface area contributed by atoms with Crippen molar-refractivity contribution in [1.29, 1.82) is 0 Å². The van der Waals surface area contributed by atoms with Gasteiger partial charge in [0.1, 0.15) is 0 Å². The zero-order valence-corrected chi connectivity index (χ0v) is 24.0. The van der Waals surface area contributed by atoms with Gasteiger partial charge in [-0.1, -0.05) is 67.3 Å². The molecule has 0 amide bonds. The van der Waals surface area contributed by atoms with Crippen molar-refractivity contribution in [3.05, 3.63) is 131 Å². The Morgan fingerprint density at radius 1 is 0.949 bits per heavy atom. The maximum atomic E-state index is 4.44. The molecule has 1 unspecified atom stereocenters. The van der Waals surface area contributed by atoms with Crippen LogP contribution in [0.15, 0.2) is 91.0 Å². The fourth-order valence-corrected chi connectivity index (χ4v) is 5.38. The van der Waals surface area contributed by atoms with E-state index in [-0.39, 0.29) is 0 Å². The molecule has 0 fully saturated rings. The Labute approximate surface area is 235 Å². The van der Waals surface area contributed by atoms with Crippen LogP contribution in [0.5, 0.6) is 0 Å². The van der Waals surface area contributed by atoms with Gasteiger partial charge in [-0.25, -0.2) is 0 Å². The van der Waals surface area contributed by atoms with E-state index in [2.05, 4.69) is 135 Å². The fraction of sp³-hybridized carbons (Fsp3) is 0.306. The number of benzene rings is 3. The molecule has 2 aliphatic rings. The van der Waals surface area contributed by atoms with E-state index >= 15 is 0 Å². The van der Waals surface area contributed by atoms with Gasteiger partial charge in [-0.2, -0.15) is 0 Å². The topological polar surface area (TPSA) is 18.5 Å². The molecule has 1 aliphatic carbocycles. The number of likely N-dealkylation sites (N-methyl/N-ethyl adjacent to an activating group) is 1. The Bertz CT molecular complexity index is 1380. The van der Waals surface area contributed by atoms with E-state index in [4.69, 9.17) is 0 Å². The molecule has 0 bridgehead atoms. The van der Waals surface area contributed by atoms with Crippen molar-refractivity contribution in [2.45, 2.75) is 39.7 Å². The minimum atomic E-state index is 0.388. The Hall–Kier alpha value is -3.56. The van der Waals surface area contributed by atoms with E-state index in [0.29, 0.717) is 6.04 Å². The minimum absolute atomic E-state index is 0.388. The number of hydrogen-bond donors (Lipinski definition) is 1. The molecule has 0 aromatic heterocycles. The van der Waals surface area contributed by atoms with Crippen molar-refractivity contribution in [2.24, 2.45) is 0 Å². The van der Waals surface area contributed by atoms with Gasteiger partial charge >= 0.3 is 0 Å². The zero-order valence-electron chi connectivity index (χ0n) is 24.0. The first kappa shape index (κ1) is 27.0. The summed E-state index contributed by atoms with van der Waals surface area (Å²) in [5.74, 6) is 0. The molecule has 201 valence electrons. The van der Waals surface area contributed by atoms with Crippen LogP contribution in [-0.2, 0) is 12.8 Å². The summed E-state index contributed by atoms with van der Waals surface area (Å²) in [6, 6.07) is 24.7. The standard InChI is InChI=1S/C36H42N3/c1-26-11-12-33(23-27(26)2)28(3)24-36(32-9-7-6-8-10-32)38(5)21-22-39-19-17-31-15-16-35(25-34(31)18-20-39)37-29(4)30-13-14-30/h6-16,23-25,29,37H,3,17-22H2,1-2,4-5H3/b36-24-. The SMILES string of the molecule is C=C(/C=C(/c1ccccc1)N(C)CCN1CCc2ccc(NC(C)C3=C[CH]3)cc2CC1)c1ccc(C)c(C)c1. The van der Waals surface area contributed by atoms with Crippen molar-refractivity contribution in [3.63, 3.8) is 0 Å². The number of hydrogen-bond acceptors (Lipinski definition) is 3. The van der Waals surface area contributed by atoms with Gasteiger partial charge < -0.3 is 15.1 Å². The van der Waals surface area contributed by atoms with Gasteiger partial charge in [-0.3, -0.25) is 0 Å². The fourth-order valence-electron chi connectivity index (χ4n) is 5.38. The molecule has 0 spiro atoms. The average molecular weight is 517 g/mol. The molecule has 1 aliphatic heterocycles. The minimum Gasteiger partial charge on any atom is -0.379 e. The normalized spacial score (nSPS) is 16.1. The van der Waals surface area contributed by atoms with E-state index in [1.165, 1.54) is 50.3 Å². The number of rotatable bonds is 10. The predicted molar refractivity (Wildman–Crippen MR) is 168 cm³/mol. The largest absolute Gasteiger partial charge is 0.379 e. The molecule has 3 nitrogen and oxygen atoms in total. The van der Waals surface area contributed by atoms with Crippen LogP contribution in [0.3, 0.4) is 0 Å². The molecule has 0 saturated heterocycles. The monoisotopic (exact) mass is 516 g/mol. The second kappa shape index (κ2) is 12.1. The quantitative estimate of drug-likeness (QED) is 0.285. The first-order valence-electron chi connectivity index (χ1n) is 14.3. The van der Waals surface area contributed by atoms with Gasteiger partial charge in [0.15, 0.2) is 0 Å². The van der Waals surface area contributed by atoms with Crippen LogP contribution in [0.25, 0.3) is 11.3 Å². The third-order valence-corrected chi connectivity index (χ3v) is 8.26. The van der Waals surface area contributed by atoms with E-state index in [1.807, 2.05) is 0 Å². The molecule has 3 aromatic rings. The molecule has 1 atom stereocenters. The first-order chi connectivity index (χ1) is 18.9. The Kier molecular flexibility index (Phi) is 8.38. The van der Waals surface area contributed by atoms with Crippen LogP contribution in [0.2, 0.25) is 0 Å².